The van der Waals surface area contributed by atoms with Crippen LogP contribution in [-0.2, 0) is 23.1 Å². The normalized spacial score (nSPS) is 15.3. The summed E-state index contributed by atoms with van der Waals surface area (Å²) in [6, 6.07) is 18.1. The van der Waals surface area contributed by atoms with E-state index in [0.717, 1.165) is 48.8 Å². The van der Waals surface area contributed by atoms with Crippen molar-refractivity contribution < 1.29 is 9.53 Å². The second-order valence-electron chi connectivity index (χ2n) is 10.2. The molecule has 0 saturated carbocycles. The minimum atomic E-state index is -0.0599. The first-order chi connectivity index (χ1) is 16.8. The van der Waals surface area contributed by atoms with Crippen LogP contribution in [0.5, 0.6) is 11.5 Å². The van der Waals surface area contributed by atoms with Crippen LogP contribution in [0.3, 0.4) is 0 Å². The van der Waals surface area contributed by atoms with Gasteiger partial charge in [-0.3, -0.25) is 4.79 Å². The average Bonchev–Trinajstić information content (AvgIpc) is 2.84. The van der Waals surface area contributed by atoms with Gasteiger partial charge in [-0.1, -0.05) is 39.0 Å². The summed E-state index contributed by atoms with van der Waals surface area (Å²) in [6.45, 7) is 7.95. The van der Waals surface area contributed by atoms with Gasteiger partial charge in [-0.15, -0.1) is 0 Å². The van der Waals surface area contributed by atoms with E-state index in [2.05, 4.69) is 60.7 Å². The van der Waals surface area contributed by atoms with E-state index in [0.29, 0.717) is 13.0 Å². The lowest BCUT2D eigenvalue weighted by atomic mass is 9.83. The summed E-state index contributed by atoms with van der Waals surface area (Å²) >= 11 is 0. The molecule has 4 N–H and O–H groups in total. The van der Waals surface area contributed by atoms with Gasteiger partial charge in [0.15, 0.2) is 0 Å². The number of nitrogens with zero attached hydrogens (tertiary/aromatic N) is 1. The number of nitrogens with two attached hydrogens (primary N) is 1. The van der Waals surface area contributed by atoms with E-state index in [-0.39, 0.29) is 17.2 Å². The summed E-state index contributed by atoms with van der Waals surface area (Å²) in [5.41, 5.74) is 10.1. The summed E-state index contributed by atoms with van der Waals surface area (Å²) in [6.07, 6.45) is 5.06. The van der Waals surface area contributed by atoms with Crippen LogP contribution in [0.15, 0.2) is 60.8 Å². The Hall–Kier alpha value is -3.38. The fourth-order valence-corrected chi connectivity index (χ4v) is 4.35. The number of hydrogen-bond donors (Lipinski definition) is 3. The number of hydrogen-bond acceptors (Lipinski definition) is 5. The van der Waals surface area contributed by atoms with Crippen LogP contribution >= 0.6 is 0 Å². The first-order valence-electron chi connectivity index (χ1n) is 12.4. The molecule has 0 aliphatic heterocycles. The van der Waals surface area contributed by atoms with E-state index in [1.165, 1.54) is 16.7 Å². The van der Waals surface area contributed by atoms with Gasteiger partial charge in [0.05, 0.1) is 0 Å². The first-order valence-corrected chi connectivity index (χ1v) is 12.4. The van der Waals surface area contributed by atoms with Crippen LogP contribution in [0.4, 0.5) is 11.5 Å². The Labute approximate surface area is 208 Å². The van der Waals surface area contributed by atoms with Crippen LogP contribution in [0.1, 0.15) is 50.3 Å². The predicted molar refractivity (Wildman–Crippen MR) is 142 cm³/mol. The van der Waals surface area contributed by atoms with Gasteiger partial charge in [-0.05, 0) is 84.7 Å². The van der Waals surface area contributed by atoms with Crippen molar-refractivity contribution in [1.29, 1.82) is 0 Å². The molecule has 1 aromatic heterocycles. The first kappa shape index (κ1) is 24.7. The molecule has 1 heterocycles. The standard InChI is InChI=1S/C29H36N4O2/c1-29(2,3)23-6-4-7-24(18-23)33-28(34)21-9-8-20-10-11-25(17-22(20)16-21)35-26-12-15-32-27(19-26)31-14-5-13-30/h4,6-7,10-12,15,17-19,21H,5,8-9,13-14,16,30H2,1-3H3,(H,31,32)(H,33,34). The van der Waals surface area contributed by atoms with E-state index >= 15 is 0 Å². The molecule has 1 aliphatic carbocycles. The van der Waals surface area contributed by atoms with Gasteiger partial charge in [0.25, 0.3) is 0 Å². The molecule has 2 aromatic carbocycles. The van der Waals surface area contributed by atoms with Crippen LogP contribution in [0.25, 0.3) is 0 Å². The Morgan fingerprint density at radius 1 is 1.09 bits per heavy atom. The number of nitrogens with one attached hydrogen (secondary N) is 2. The maximum atomic E-state index is 13.1. The summed E-state index contributed by atoms with van der Waals surface area (Å²) in [5, 5.41) is 6.40. The highest BCUT2D eigenvalue weighted by molar-refractivity contribution is 5.93. The molecule has 4 rings (SSSR count). The van der Waals surface area contributed by atoms with Gasteiger partial charge in [0, 0.05) is 30.4 Å². The maximum Gasteiger partial charge on any atom is 0.227 e. The number of carbonyl (C=O) groups is 1. The van der Waals surface area contributed by atoms with Crippen molar-refractivity contribution in [2.75, 3.05) is 23.7 Å². The predicted octanol–water partition coefficient (Wildman–Crippen LogP) is 5.68. The van der Waals surface area contributed by atoms with E-state index < -0.39 is 0 Å². The zero-order valence-corrected chi connectivity index (χ0v) is 20.9. The molecule has 0 spiro atoms. The molecule has 0 saturated heterocycles. The number of aryl methyl sites for hydroxylation is 1. The molecular weight excluding hydrogens is 436 g/mol. The van der Waals surface area contributed by atoms with Gasteiger partial charge in [0.1, 0.15) is 17.3 Å². The fourth-order valence-electron chi connectivity index (χ4n) is 4.35. The molecule has 0 bridgehead atoms. The van der Waals surface area contributed by atoms with Gasteiger partial charge in [-0.2, -0.15) is 0 Å². The third-order valence-corrected chi connectivity index (χ3v) is 6.43. The van der Waals surface area contributed by atoms with Gasteiger partial charge >= 0.3 is 0 Å². The van der Waals surface area contributed by atoms with E-state index in [4.69, 9.17) is 10.5 Å². The lowest BCUT2D eigenvalue weighted by molar-refractivity contribution is -0.120. The molecule has 1 amide bonds. The molecule has 3 aromatic rings. The summed E-state index contributed by atoms with van der Waals surface area (Å²) in [4.78, 5) is 17.4. The third kappa shape index (κ3) is 6.61. The number of aromatic nitrogens is 1. The van der Waals surface area contributed by atoms with Gasteiger partial charge in [0.2, 0.25) is 5.91 Å². The number of rotatable bonds is 8. The number of pyridine rings is 1. The molecular formula is C29H36N4O2. The number of fused-ring (bicyclic) bond motifs is 1. The van der Waals surface area contributed by atoms with Crippen LogP contribution < -0.4 is 21.1 Å². The van der Waals surface area contributed by atoms with Crippen molar-refractivity contribution in [2.24, 2.45) is 11.7 Å². The molecule has 6 heteroatoms. The van der Waals surface area contributed by atoms with Crippen LogP contribution in [0, 0.1) is 5.92 Å². The Morgan fingerprint density at radius 3 is 2.71 bits per heavy atom. The quantitative estimate of drug-likeness (QED) is 0.367. The number of benzene rings is 2. The lowest BCUT2D eigenvalue weighted by Crippen LogP contribution is -2.28. The van der Waals surface area contributed by atoms with Gasteiger partial charge < -0.3 is 21.1 Å². The van der Waals surface area contributed by atoms with E-state index in [9.17, 15) is 4.79 Å². The lowest BCUT2D eigenvalue weighted by Gasteiger charge is -2.25. The highest BCUT2D eigenvalue weighted by Crippen LogP contribution is 2.32. The Morgan fingerprint density at radius 2 is 1.91 bits per heavy atom. The Kier molecular flexibility index (Phi) is 7.71. The second-order valence-corrected chi connectivity index (χ2v) is 10.2. The van der Waals surface area contributed by atoms with Crippen molar-refractivity contribution in [3.05, 3.63) is 77.5 Å². The third-order valence-electron chi connectivity index (χ3n) is 6.43. The molecule has 1 unspecified atom stereocenters. The molecule has 35 heavy (non-hydrogen) atoms. The number of anilines is 2. The fraction of sp³-hybridized carbons (Fsp3) is 0.379. The highest BCUT2D eigenvalue weighted by Gasteiger charge is 2.25. The summed E-state index contributed by atoms with van der Waals surface area (Å²) in [5.74, 6) is 2.27. The van der Waals surface area contributed by atoms with Crippen molar-refractivity contribution in [2.45, 2.75) is 51.9 Å². The molecule has 6 nitrogen and oxygen atoms in total. The van der Waals surface area contributed by atoms with E-state index in [1.54, 1.807) is 6.20 Å². The van der Waals surface area contributed by atoms with Crippen molar-refractivity contribution in [3.63, 3.8) is 0 Å². The minimum absolute atomic E-state index is 0.0387. The molecule has 0 fully saturated rings. The second kappa shape index (κ2) is 10.9. The minimum Gasteiger partial charge on any atom is -0.457 e. The average molecular weight is 473 g/mol. The topological polar surface area (TPSA) is 89.3 Å². The highest BCUT2D eigenvalue weighted by atomic mass is 16.5. The zero-order valence-electron chi connectivity index (χ0n) is 20.9. The van der Waals surface area contributed by atoms with Gasteiger partial charge in [-0.25, -0.2) is 4.98 Å². The SMILES string of the molecule is CC(C)(C)c1cccc(NC(=O)C2CCc3ccc(Oc4ccnc(NCCCN)c4)cc3C2)c1. The zero-order chi connectivity index (χ0) is 24.8. The number of amides is 1. The van der Waals surface area contributed by atoms with Crippen molar-refractivity contribution in [3.8, 4) is 11.5 Å². The molecule has 1 atom stereocenters. The Balaban J connectivity index is 1.41. The number of ether oxygens (including phenoxy) is 1. The molecule has 0 radical (unpaired) electrons. The van der Waals surface area contributed by atoms with Crippen LogP contribution in [-0.4, -0.2) is 24.0 Å². The summed E-state index contributed by atoms with van der Waals surface area (Å²) < 4.78 is 6.12. The summed E-state index contributed by atoms with van der Waals surface area (Å²) in [7, 11) is 0. The molecule has 184 valence electrons. The smallest absolute Gasteiger partial charge is 0.227 e. The van der Waals surface area contributed by atoms with E-state index in [1.807, 2.05) is 30.3 Å². The molecule has 1 aliphatic rings. The largest absolute Gasteiger partial charge is 0.457 e. The Bertz CT molecular complexity index is 1170. The number of carbonyl (C=O) groups excluding carboxylic acids is 1. The maximum absolute atomic E-state index is 13.1. The van der Waals surface area contributed by atoms with Crippen LogP contribution in [0.2, 0.25) is 0 Å². The monoisotopic (exact) mass is 472 g/mol. The van der Waals surface area contributed by atoms with Crippen molar-refractivity contribution in [1.82, 2.24) is 4.98 Å². The van der Waals surface area contributed by atoms with Crippen molar-refractivity contribution >= 4 is 17.4 Å².